The minimum absolute atomic E-state index is 0.158. The minimum atomic E-state index is 0.158. The van der Waals surface area contributed by atoms with Gasteiger partial charge in [-0.15, -0.1) is 0 Å². The Labute approximate surface area is 119 Å². The van der Waals surface area contributed by atoms with Gasteiger partial charge >= 0.3 is 0 Å². The maximum absolute atomic E-state index is 12.6. The van der Waals surface area contributed by atoms with E-state index in [0.717, 1.165) is 31.9 Å². The summed E-state index contributed by atoms with van der Waals surface area (Å²) in [4.78, 5) is 16.8. The van der Waals surface area contributed by atoms with Crippen molar-refractivity contribution in [1.82, 2.24) is 14.4 Å². The van der Waals surface area contributed by atoms with Crippen LogP contribution in [0.1, 0.15) is 35.8 Å². The number of β-amino-alcohol motifs (C(OH)–C–C–N with tert-alkyl or cyclic N) is 1. The number of carbonyl (C=O) groups is 1. The van der Waals surface area contributed by atoms with Crippen LogP contribution in [-0.4, -0.2) is 64.7 Å². The molecule has 0 unspecified atom stereocenters. The SMILES string of the molecule is O=C(c1cccn1C1CCC1)N1CCN(CCO)CC1. The molecule has 1 amide bonds. The van der Waals surface area contributed by atoms with Gasteiger partial charge in [0.15, 0.2) is 0 Å². The fourth-order valence-corrected chi connectivity index (χ4v) is 3.04. The summed E-state index contributed by atoms with van der Waals surface area (Å²) >= 11 is 0. The van der Waals surface area contributed by atoms with Gasteiger partial charge in [0.05, 0.1) is 6.61 Å². The van der Waals surface area contributed by atoms with Crippen LogP contribution in [0.3, 0.4) is 0 Å². The molecular formula is C15H23N3O2. The van der Waals surface area contributed by atoms with E-state index in [0.29, 0.717) is 12.6 Å². The standard InChI is InChI=1S/C15H23N3O2/c19-12-11-16-7-9-17(10-8-16)15(20)14-5-2-6-18(14)13-3-1-4-13/h2,5-6,13,19H,1,3-4,7-12H2. The number of hydrogen-bond donors (Lipinski definition) is 1. The molecule has 1 saturated carbocycles. The molecular weight excluding hydrogens is 254 g/mol. The summed E-state index contributed by atoms with van der Waals surface area (Å²) in [7, 11) is 0. The molecule has 1 aromatic heterocycles. The lowest BCUT2D eigenvalue weighted by Gasteiger charge is -2.35. The zero-order valence-electron chi connectivity index (χ0n) is 11.9. The molecule has 1 aromatic rings. The largest absolute Gasteiger partial charge is 0.395 e. The molecule has 110 valence electrons. The highest BCUT2D eigenvalue weighted by molar-refractivity contribution is 5.93. The molecule has 0 radical (unpaired) electrons. The van der Waals surface area contributed by atoms with Crippen molar-refractivity contribution in [3.63, 3.8) is 0 Å². The van der Waals surface area contributed by atoms with Crippen molar-refractivity contribution in [2.24, 2.45) is 0 Å². The lowest BCUT2D eigenvalue weighted by Crippen LogP contribution is -2.49. The third-order valence-electron chi connectivity index (χ3n) is 4.54. The van der Waals surface area contributed by atoms with Crippen molar-refractivity contribution in [2.45, 2.75) is 25.3 Å². The molecule has 1 saturated heterocycles. The zero-order chi connectivity index (χ0) is 13.9. The Bertz CT molecular complexity index is 459. The summed E-state index contributed by atoms with van der Waals surface area (Å²) in [6.07, 6.45) is 5.70. The van der Waals surface area contributed by atoms with Crippen LogP contribution in [-0.2, 0) is 0 Å². The Morgan fingerprint density at radius 3 is 2.60 bits per heavy atom. The molecule has 1 aliphatic carbocycles. The van der Waals surface area contributed by atoms with Gasteiger partial charge in [-0.1, -0.05) is 0 Å². The number of piperazine rings is 1. The lowest BCUT2D eigenvalue weighted by molar-refractivity contribution is 0.0599. The summed E-state index contributed by atoms with van der Waals surface area (Å²) in [6.45, 7) is 4.13. The van der Waals surface area contributed by atoms with Crippen LogP contribution in [0.25, 0.3) is 0 Å². The van der Waals surface area contributed by atoms with Gasteiger partial charge in [-0.3, -0.25) is 9.69 Å². The molecule has 0 aromatic carbocycles. The first-order valence-electron chi connectivity index (χ1n) is 7.59. The van der Waals surface area contributed by atoms with E-state index >= 15 is 0 Å². The van der Waals surface area contributed by atoms with Gasteiger partial charge in [0.25, 0.3) is 5.91 Å². The van der Waals surface area contributed by atoms with Crippen LogP contribution >= 0.6 is 0 Å². The van der Waals surface area contributed by atoms with E-state index in [-0.39, 0.29) is 12.5 Å². The Hall–Kier alpha value is -1.33. The van der Waals surface area contributed by atoms with Crippen LogP contribution in [0.15, 0.2) is 18.3 Å². The number of aromatic nitrogens is 1. The van der Waals surface area contributed by atoms with Crippen LogP contribution in [0, 0.1) is 0 Å². The van der Waals surface area contributed by atoms with Crippen molar-refractivity contribution in [2.75, 3.05) is 39.3 Å². The predicted octanol–water partition coefficient (Wildman–Crippen LogP) is 0.963. The van der Waals surface area contributed by atoms with Crippen molar-refractivity contribution in [3.05, 3.63) is 24.0 Å². The third kappa shape index (κ3) is 2.60. The molecule has 5 nitrogen and oxygen atoms in total. The first kappa shape index (κ1) is 13.6. The Morgan fingerprint density at radius 1 is 1.25 bits per heavy atom. The molecule has 0 bridgehead atoms. The fraction of sp³-hybridized carbons (Fsp3) is 0.667. The molecule has 0 atom stereocenters. The highest BCUT2D eigenvalue weighted by Gasteiger charge is 2.27. The van der Waals surface area contributed by atoms with Crippen LogP contribution in [0.2, 0.25) is 0 Å². The molecule has 1 aliphatic heterocycles. The van der Waals surface area contributed by atoms with Crippen molar-refractivity contribution in [1.29, 1.82) is 0 Å². The van der Waals surface area contributed by atoms with E-state index in [1.807, 2.05) is 23.2 Å². The van der Waals surface area contributed by atoms with Gasteiger partial charge in [-0.05, 0) is 31.4 Å². The summed E-state index contributed by atoms with van der Waals surface area (Å²) in [5.74, 6) is 0.158. The van der Waals surface area contributed by atoms with E-state index in [9.17, 15) is 4.79 Å². The minimum Gasteiger partial charge on any atom is -0.395 e. The third-order valence-corrected chi connectivity index (χ3v) is 4.54. The Morgan fingerprint density at radius 2 is 2.00 bits per heavy atom. The number of amides is 1. The summed E-state index contributed by atoms with van der Waals surface area (Å²) in [6, 6.07) is 4.45. The maximum Gasteiger partial charge on any atom is 0.270 e. The zero-order valence-corrected chi connectivity index (χ0v) is 11.9. The first-order chi connectivity index (χ1) is 9.79. The number of nitrogens with zero attached hydrogens (tertiary/aromatic N) is 3. The fourth-order valence-electron chi connectivity index (χ4n) is 3.04. The molecule has 2 aliphatic rings. The Balaban J connectivity index is 1.63. The normalized spacial score (nSPS) is 20.9. The second-order valence-electron chi connectivity index (χ2n) is 5.74. The Kier molecular flexibility index (Phi) is 4.08. The second kappa shape index (κ2) is 5.97. The van der Waals surface area contributed by atoms with Crippen LogP contribution < -0.4 is 0 Å². The molecule has 2 fully saturated rings. The molecule has 5 heteroatoms. The lowest BCUT2D eigenvalue weighted by atomic mass is 9.93. The van der Waals surface area contributed by atoms with E-state index in [1.165, 1.54) is 19.3 Å². The van der Waals surface area contributed by atoms with Gasteiger partial charge in [0.1, 0.15) is 5.69 Å². The highest BCUT2D eigenvalue weighted by atomic mass is 16.3. The van der Waals surface area contributed by atoms with Gasteiger partial charge in [0, 0.05) is 45.0 Å². The number of aliphatic hydroxyl groups excluding tert-OH is 1. The van der Waals surface area contributed by atoms with Crippen LogP contribution in [0.5, 0.6) is 0 Å². The predicted molar refractivity (Wildman–Crippen MR) is 76.7 cm³/mol. The second-order valence-corrected chi connectivity index (χ2v) is 5.74. The topological polar surface area (TPSA) is 48.7 Å². The number of aliphatic hydroxyl groups is 1. The summed E-state index contributed by atoms with van der Waals surface area (Å²) in [5, 5.41) is 8.95. The monoisotopic (exact) mass is 277 g/mol. The van der Waals surface area contributed by atoms with E-state index in [4.69, 9.17) is 5.11 Å². The smallest absolute Gasteiger partial charge is 0.270 e. The summed E-state index contributed by atoms with van der Waals surface area (Å²) < 4.78 is 2.16. The molecule has 20 heavy (non-hydrogen) atoms. The van der Waals surface area contributed by atoms with Gasteiger partial charge in [-0.2, -0.15) is 0 Å². The number of hydrogen-bond acceptors (Lipinski definition) is 3. The molecule has 2 heterocycles. The van der Waals surface area contributed by atoms with Gasteiger partial charge in [0.2, 0.25) is 0 Å². The van der Waals surface area contributed by atoms with Gasteiger partial charge < -0.3 is 14.6 Å². The van der Waals surface area contributed by atoms with Crippen molar-refractivity contribution >= 4 is 5.91 Å². The van der Waals surface area contributed by atoms with Gasteiger partial charge in [-0.25, -0.2) is 0 Å². The van der Waals surface area contributed by atoms with Crippen LogP contribution in [0.4, 0.5) is 0 Å². The van der Waals surface area contributed by atoms with Crippen molar-refractivity contribution in [3.8, 4) is 0 Å². The van der Waals surface area contributed by atoms with E-state index in [2.05, 4.69) is 9.47 Å². The molecule has 1 N–H and O–H groups in total. The molecule has 0 spiro atoms. The summed E-state index contributed by atoms with van der Waals surface area (Å²) in [5.41, 5.74) is 0.838. The first-order valence-corrected chi connectivity index (χ1v) is 7.59. The van der Waals surface area contributed by atoms with E-state index < -0.39 is 0 Å². The number of carbonyl (C=O) groups excluding carboxylic acids is 1. The highest BCUT2D eigenvalue weighted by Crippen LogP contribution is 2.33. The molecule has 3 rings (SSSR count). The number of rotatable bonds is 4. The quantitative estimate of drug-likeness (QED) is 0.892. The average molecular weight is 277 g/mol. The van der Waals surface area contributed by atoms with Crippen molar-refractivity contribution < 1.29 is 9.90 Å². The van der Waals surface area contributed by atoms with E-state index in [1.54, 1.807) is 0 Å². The average Bonchev–Trinajstić information content (AvgIpc) is 2.86. The maximum atomic E-state index is 12.6.